The summed E-state index contributed by atoms with van der Waals surface area (Å²) < 4.78 is 16.8. The smallest absolute Gasteiger partial charge is 0.306 e. The van der Waals surface area contributed by atoms with E-state index < -0.39 is 6.10 Å². The molecule has 0 bridgehead atoms. The Bertz CT molecular complexity index is 885. The van der Waals surface area contributed by atoms with Crippen molar-refractivity contribution >= 4 is 17.9 Å². The molecule has 0 radical (unpaired) electrons. The molecular formula is C52H100O6. The highest BCUT2D eigenvalue weighted by Gasteiger charge is 2.19. The normalized spacial score (nSPS) is 12.1. The van der Waals surface area contributed by atoms with Gasteiger partial charge in [-0.1, -0.05) is 247 Å². The van der Waals surface area contributed by atoms with Crippen LogP contribution in [0.3, 0.4) is 0 Å². The van der Waals surface area contributed by atoms with E-state index >= 15 is 0 Å². The molecule has 0 amide bonds. The Balaban J connectivity index is 4.24. The van der Waals surface area contributed by atoms with E-state index in [0.717, 1.165) is 69.6 Å². The summed E-state index contributed by atoms with van der Waals surface area (Å²) in [6, 6.07) is 0. The Morgan fingerprint density at radius 1 is 0.328 bits per heavy atom. The van der Waals surface area contributed by atoms with Crippen molar-refractivity contribution in [3.8, 4) is 0 Å². The Morgan fingerprint density at radius 3 is 0.845 bits per heavy atom. The fourth-order valence-corrected chi connectivity index (χ4v) is 7.81. The summed E-state index contributed by atoms with van der Waals surface area (Å²) in [6.45, 7) is 11.3. The summed E-state index contributed by atoms with van der Waals surface area (Å²) in [5.74, 6) is 0.716. The van der Waals surface area contributed by atoms with Gasteiger partial charge in [-0.05, 0) is 31.1 Å². The highest BCUT2D eigenvalue weighted by atomic mass is 16.6. The standard InChI is InChI=1S/C52H100O6/c1-6-7-8-9-10-11-12-13-14-15-16-17-18-19-20-23-27-34-39-44-52(55)58-49(46-57-51(54)43-38-33-29-28-31-36-41-48(4)5)45-56-50(53)42-37-32-26-24-21-22-25-30-35-40-47(2)3/h47-49H,6-46H2,1-5H3/t49-/m1/s1. The quantitative estimate of drug-likeness (QED) is 0.0346. The molecule has 0 aliphatic heterocycles. The Kier molecular flexibility index (Phi) is 43.7. The summed E-state index contributed by atoms with van der Waals surface area (Å²) in [4.78, 5) is 37.8. The molecule has 0 saturated carbocycles. The van der Waals surface area contributed by atoms with Gasteiger partial charge in [-0.3, -0.25) is 14.4 Å². The molecule has 0 unspecified atom stereocenters. The van der Waals surface area contributed by atoms with E-state index in [4.69, 9.17) is 14.2 Å². The molecule has 0 heterocycles. The van der Waals surface area contributed by atoms with Crippen LogP contribution in [0.2, 0.25) is 0 Å². The maximum atomic E-state index is 12.8. The lowest BCUT2D eigenvalue weighted by atomic mass is 10.0. The van der Waals surface area contributed by atoms with Crippen LogP contribution in [0.15, 0.2) is 0 Å². The van der Waals surface area contributed by atoms with Gasteiger partial charge in [0.1, 0.15) is 13.2 Å². The molecule has 0 spiro atoms. The topological polar surface area (TPSA) is 78.9 Å². The van der Waals surface area contributed by atoms with Gasteiger partial charge < -0.3 is 14.2 Å². The fourth-order valence-electron chi connectivity index (χ4n) is 7.81. The second kappa shape index (κ2) is 44.9. The molecule has 6 heteroatoms. The Hall–Kier alpha value is -1.59. The molecule has 0 aromatic heterocycles. The largest absolute Gasteiger partial charge is 0.462 e. The third kappa shape index (κ3) is 45.5. The number of rotatable bonds is 46. The van der Waals surface area contributed by atoms with Gasteiger partial charge >= 0.3 is 17.9 Å². The maximum absolute atomic E-state index is 12.8. The average Bonchev–Trinajstić information content (AvgIpc) is 3.19. The first kappa shape index (κ1) is 56.4. The number of hydrogen-bond acceptors (Lipinski definition) is 6. The number of carbonyl (C=O) groups excluding carboxylic acids is 3. The molecule has 344 valence electrons. The Labute approximate surface area is 361 Å². The van der Waals surface area contributed by atoms with Gasteiger partial charge in [0.2, 0.25) is 0 Å². The maximum Gasteiger partial charge on any atom is 0.306 e. The zero-order valence-electron chi connectivity index (χ0n) is 39.7. The number of ether oxygens (including phenoxy) is 3. The summed E-state index contributed by atoms with van der Waals surface area (Å²) in [6.07, 6.45) is 45.4. The van der Waals surface area contributed by atoms with Gasteiger partial charge in [0.25, 0.3) is 0 Å². The minimum atomic E-state index is -0.762. The van der Waals surface area contributed by atoms with Crippen LogP contribution in [0.25, 0.3) is 0 Å². The van der Waals surface area contributed by atoms with E-state index in [0.29, 0.717) is 19.3 Å². The lowest BCUT2D eigenvalue weighted by Gasteiger charge is -2.18. The van der Waals surface area contributed by atoms with E-state index in [-0.39, 0.29) is 31.1 Å². The van der Waals surface area contributed by atoms with Crippen molar-refractivity contribution in [2.45, 2.75) is 291 Å². The van der Waals surface area contributed by atoms with E-state index in [9.17, 15) is 14.4 Å². The monoisotopic (exact) mass is 821 g/mol. The van der Waals surface area contributed by atoms with Gasteiger partial charge in [0.05, 0.1) is 0 Å². The van der Waals surface area contributed by atoms with Gasteiger partial charge in [-0.15, -0.1) is 0 Å². The van der Waals surface area contributed by atoms with E-state index in [1.54, 1.807) is 0 Å². The van der Waals surface area contributed by atoms with Crippen molar-refractivity contribution in [3.63, 3.8) is 0 Å². The van der Waals surface area contributed by atoms with Crippen LogP contribution in [0, 0.1) is 11.8 Å². The van der Waals surface area contributed by atoms with Crippen LogP contribution in [-0.2, 0) is 28.6 Å². The van der Waals surface area contributed by atoms with Gasteiger partial charge in [0, 0.05) is 19.3 Å². The lowest BCUT2D eigenvalue weighted by Crippen LogP contribution is -2.30. The molecule has 0 aliphatic carbocycles. The van der Waals surface area contributed by atoms with Crippen LogP contribution in [0.4, 0.5) is 0 Å². The van der Waals surface area contributed by atoms with E-state index in [2.05, 4.69) is 34.6 Å². The van der Waals surface area contributed by atoms with Crippen LogP contribution < -0.4 is 0 Å². The first-order valence-corrected chi connectivity index (χ1v) is 25.7. The summed E-state index contributed by atoms with van der Waals surface area (Å²) in [5, 5.41) is 0. The lowest BCUT2D eigenvalue weighted by molar-refractivity contribution is -0.167. The molecule has 58 heavy (non-hydrogen) atoms. The fraction of sp³-hybridized carbons (Fsp3) is 0.942. The van der Waals surface area contributed by atoms with Crippen molar-refractivity contribution < 1.29 is 28.6 Å². The van der Waals surface area contributed by atoms with Gasteiger partial charge in [-0.25, -0.2) is 0 Å². The second-order valence-electron chi connectivity index (χ2n) is 18.8. The molecule has 0 rings (SSSR count). The number of carbonyl (C=O) groups is 3. The van der Waals surface area contributed by atoms with Crippen molar-refractivity contribution in [3.05, 3.63) is 0 Å². The summed E-state index contributed by atoms with van der Waals surface area (Å²) >= 11 is 0. The molecule has 0 aromatic carbocycles. The molecule has 1 atom stereocenters. The molecule has 6 nitrogen and oxygen atoms in total. The summed E-state index contributed by atoms with van der Waals surface area (Å²) in [5.41, 5.74) is 0. The Morgan fingerprint density at radius 2 is 0.569 bits per heavy atom. The molecule has 0 aliphatic rings. The van der Waals surface area contributed by atoms with Crippen molar-refractivity contribution in [1.82, 2.24) is 0 Å². The van der Waals surface area contributed by atoms with Gasteiger partial charge in [0.15, 0.2) is 6.10 Å². The van der Waals surface area contributed by atoms with Crippen LogP contribution in [0.5, 0.6) is 0 Å². The zero-order valence-corrected chi connectivity index (χ0v) is 39.7. The van der Waals surface area contributed by atoms with E-state index in [1.165, 1.54) is 173 Å². The zero-order chi connectivity index (χ0) is 42.6. The first-order valence-electron chi connectivity index (χ1n) is 25.7. The third-order valence-corrected chi connectivity index (χ3v) is 11.7. The van der Waals surface area contributed by atoms with E-state index in [1.807, 2.05) is 0 Å². The minimum absolute atomic E-state index is 0.0652. The molecule has 0 saturated heterocycles. The number of unbranched alkanes of at least 4 members (excludes halogenated alkanes) is 31. The number of hydrogen-bond donors (Lipinski definition) is 0. The SMILES string of the molecule is CCCCCCCCCCCCCCCCCCCCCC(=O)O[C@H](COC(=O)CCCCCCCCCCCC(C)C)COC(=O)CCCCCCCCC(C)C. The van der Waals surface area contributed by atoms with Crippen LogP contribution >= 0.6 is 0 Å². The highest BCUT2D eigenvalue weighted by molar-refractivity contribution is 5.71. The molecule has 0 fully saturated rings. The van der Waals surface area contributed by atoms with Gasteiger partial charge in [-0.2, -0.15) is 0 Å². The average molecular weight is 821 g/mol. The predicted octanol–water partition coefficient (Wildman–Crippen LogP) is 16.5. The molecule has 0 N–H and O–H groups in total. The summed E-state index contributed by atoms with van der Waals surface area (Å²) in [7, 11) is 0. The predicted molar refractivity (Wildman–Crippen MR) is 247 cm³/mol. The van der Waals surface area contributed by atoms with Crippen molar-refractivity contribution in [1.29, 1.82) is 0 Å². The van der Waals surface area contributed by atoms with Crippen molar-refractivity contribution in [2.75, 3.05) is 13.2 Å². The minimum Gasteiger partial charge on any atom is -0.462 e. The molecular weight excluding hydrogens is 721 g/mol. The third-order valence-electron chi connectivity index (χ3n) is 11.7. The number of esters is 3. The van der Waals surface area contributed by atoms with Crippen LogP contribution in [0.1, 0.15) is 285 Å². The van der Waals surface area contributed by atoms with Crippen molar-refractivity contribution in [2.24, 2.45) is 11.8 Å². The molecule has 0 aromatic rings. The second-order valence-corrected chi connectivity index (χ2v) is 18.8. The first-order chi connectivity index (χ1) is 28.2. The highest BCUT2D eigenvalue weighted by Crippen LogP contribution is 2.17. The van der Waals surface area contributed by atoms with Crippen LogP contribution in [-0.4, -0.2) is 37.2 Å².